The van der Waals surface area contributed by atoms with E-state index in [2.05, 4.69) is 20.3 Å². The fourth-order valence-corrected chi connectivity index (χ4v) is 1.91. The first-order valence-electron chi connectivity index (χ1n) is 5.87. The highest BCUT2D eigenvalue weighted by atomic mass is 16.3. The van der Waals surface area contributed by atoms with Crippen molar-refractivity contribution in [3.63, 3.8) is 0 Å². The van der Waals surface area contributed by atoms with E-state index in [-0.39, 0.29) is 6.04 Å². The van der Waals surface area contributed by atoms with Crippen molar-refractivity contribution in [3.05, 3.63) is 61.1 Å². The maximum atomic E-state index is 5.49. The Kier molecular flexibility index (Phi) is 2.97. The third-order valence-corrected chi connectivity index (χ3v) is 2.82. The third-order valence-electron chi connectivity index (χ3n) is 2.82. The normalized spacial score (nSPS) is 12.3. The molecule has 1 unspecified atom stereocenters. The lowest BCUT2D eigenvalue weighted by molar-refractivity contribution is 0.488. The highest BCUT2D eigenvalue weighted by Crippen LogP contribution is 2.24. The summed E-state index contributed by atoms with van der Waals surface area (Å²) in [6, 6.07) is 3.59. The van der Waals surface area contributed by atoms with Crippen LogP contribution < -0.4 is 5.32 Å². The first-order valence-corrected chi connectivity index (χ1v) is 5.87. The van der Waals surface area contributed by atoms with Crippen LogP contribution in [0.5, 0.6) is 0 Å². The Morgan fingerprint density at radius 3 is 2.79 bits per heavy atom. The maximum Gasteiger partial charge on any atom is 0.143 e. The van der Waals surface area contributed by atoms with Gasteiger partial charge in [0.15, 0.2) is 0 Å². The van der Waals surface area contributed by atoms with Crippen LogP contribution in [0.1, 0.15) is 17.6 Å². The van der Waals surface area contributed by atoms with Gasteiger partial charge < -0.3 is 14.3 Å². The minimum atomic E-state index is -0.180. The monoisotopic (exact) mass is 255 g/mol. The second-order valence-corrected chi connectivity index (χ2v) is 4.12. The number of hydrogen-bond acceptors (Lipinski definition) is 5. The van der Waals surface area contributed by atoms with Gasteiger partial charge in [0.05, 0.1) is 24.3 Å². The fourth-order valence-electron chi connectivity index (χ4n) is 1.91. The predicted molar refractivity (Wildman–Crippen MR) is 69.4 cm³/mol. The lowest BCUT2D eigenvalue weighted by atomic mass is 10.2. The molecule has 0 aliphatic rings. The number of rotatable bonds is 4. The van der Waals surface area contributed by atoms with E-state index in [9.17, 15) is 0 Å². The van der Waals surface area contributed by atoms with E-state index in [0.29, 0.717) is 0 Å². The number of aromatic nitrogens is 4. The van der Waals surface area contributed by atoms with Crippen molar-refractivity contribution in [1.82, 2.24) is 19.5 Å². The molecule has 0 aliphatic carbocycles. The highest BCUT2D eigenvalue weighted by Gasteiger charge is 2.20. The Bertz CT molecular complexity index is 632. The molecular weight excluding hydrogens is 242 g/mol. The Hall–Kier alpha value is -2.63. The van der Waals surface area contributed by atoms with Crippen LogP contribution in [0.2, 0.25) is 0 Å². The molecule has 0 bridgehead atoms. The molecule has 0 spiro atoms. The van der Waals surface area contributed by atoms with Gasteiger partial charge in [0.25, 0.3) is 0 Å². The van der Waals surface area contributed by atoms with Crippen LogP contribution in [-0.4, -0.2) is 19.5 Å². The van der Waals surface area contributed by atoms with E-state index >= 15 is 0 Å². The van der Waals surface area contributed by atoms with Crippen LogP contribution in [0.4, 0.5) is 5.69 Å². The van der Waals surface area contributed by atoms with Gasteiger partial charge in [-0.15, -0.1) is 0 Å². The quantitative estimate of drug-likeness (QED) is 0.772. The number of anilines is 1. The SMILES string of the molecule is Cn1ccnc1C(Nc1cncnc1)c1ccco1. The molecule has 3 rings (SSSR count). The molecule has 0 radical (unpaired) electrons. The minimum absolute atomic E-state index is 0.180. The van der Waals surface area contributed by atoms with Crippen LogP contribution in [0.15, 0.2) is 53.9 Å². The van der Waals surface area contributed by atoms with Crippen LogP contribution >= 0.6 is 0 Å². The zero-order chi connectivity index (χ0) is 13.1. The van der Waals surface area contributed by atoms with E-state index < -0.39 is 0 Å². The summed E-state index contributed by atoms with van der Waals surface area (Å²) in [4.78, 5) is 12.4. The zero-order valence-electron chi connectivity index (χ0n) is 10.4. The van der Waals surface area contributed by atoms with Crippen LogP contribution in [0.25, 0.3) is 0 Å². The summed E-state index contributed by atoms with van der Waals surface area (Å²) < 4.78 is 7.44. The topological polar surface area (TPSA) is 68.8 Å². The molecule has 6 heteroatoms. The Morgan fingerprint density at radius 2 is 2.16 bits per heavy atom. The number of aryl methyl sites for hydroxylation is 1. The van der Waals surface area contributed by atoms with Gasteiger partial charge in [-0.25, -0.2) is 15.0 Å². The van der Waals surface area contributed by atoms with Gasteiger partial charge in [-0.1, -0.05) is 0 Å². The third kappa shape index (κ3) is 2.33. The first kappa shape index (κ1) is 11.5. The second-order valence-electron chi connectivity index (χ2n) is 4.12. The van der Waals surface area contributed by atoms with Gasteiger partial charge in [-0.2, -0.15) is 0 Å². The number of nitrogens with one attached hydrogen (secondary N) is 1. The van der Waals surface area contributed by atoms with E-state index in [1.54, 1.807) is 24.9 Å². The lowest BCUT2D eigenvalue weighted by Gasteiger charge is -2.17. The van der Waals surface area contributed by atoms with Crippen LogP contribution in [-0.2, 0) is 7.05 Å². The van der Waals surface area contributed by atoms with Crippen molar-refractivity contribution in [3.8, 4) is 0 Å². The molecule has 96 valence electrons. The molecule has 3 aromatic heterocycles. The zero-order valence-corrected chi connectivity index (χ0v) is 10.4. The molecule has 0 aromatic carbocycles. The molecule has 3 heterocycles. The molecule has 0 saturated carbocycles. The summed E-state index contributed by atoms with van der Waals surface area (Å²) >= 11 is 0. The van der Waals surface area contributed by atoms with Crippen molar-refractivity contribution >= 4 is 5.69 Å². The standard InChI is InChI=1S/C13H13N5O/c1-18-5-4-16-13(18)12(11-3-2-6-19-11)17-10-7-14-9-15-8-10/h2-9,12,17H,1H3. The van der Waals surface area contributed by atoms with Crippen molar-refractivity contribution in [1.29, 1.82) is 0 Å². The second kappa shape index (κ2) is 4.93. The Labute approximate surface area is 110 Å². The summed E-state index contributed by atoms with van der Waals surface area (Å²) in [5.74, 6) is 1.65. The molecule has 1 atom stereocenters. The molecular formula is C13H13N5O. The molecule has 0 amide bonds. The summed E-state index contributed by atoms with van der Waals surface area (Å²) in [5, 5.41) is 3.32. The van der Waals surface area contributed by atoms with Crippen molar-refractivity contribution in [2.45, 2.75) is 6.04 Å². The predicted octanol–water partition coefficient (Wildman–Crippen LogP) is 2.00. The van der Waals surface area contributed by atoms with E-state index in [1.807, 2.05) is 29.9 Å². The van der Waals surface area contributed by atoms with Gasteiger partial charge in [-0.3, -0.25) is 0 Å². The van der Waals surface area contributed by atoms with Crippen LogP contribution in [0.3, 0.4) is 0 Å². The number of nitrogens with zero attached hydrogens (tertiary/aromatic N) is 4. The van der Waals surface area contributed by atoms with Gasteiger partial charge in [0, 0.05) is 19.4 Å². The summed E-state index contributed by atoms with van der Waals surface area (Å²) in [7, 11) is 1.95. The average Bonchev–Trinajstić information content (AvgIpc) is 3.09. The number of hydrogen-bond donors (Lipinski definition) is 1. The molecule has 0 fully saturated rings. The van der Waals surface area contributed by atoms with Crippen LogP contribution in [0, 0.1) is 0 Å². The van der Waals surface area contributed by atoms with E-state index in [4.69, 9.17) is 4.42 Å². The van der Waals surface area contributed by atoms with Gasteiger partial charge >= 0.3 is 0 Å². The van der Waals surface area contributed by atoms with Crippen molar-refractivity contribution in [2.24, 2.45) is 7.05 Å². The lowest BCUT2D eigenvalue weighted by Crippen LogP contribution is -2.16. The molecule has 19 heavy (non-hydrogen) atoms. The largest absolute Gasteiger partial charge is 0.467 e. The number of imidazole rings is 1. The molecule has 0 saturated heterocycles. The summed E-state index contributed by atoms with van der Waals surface area (Å²) in [5.41, 5.74) is 0.812. The van der Waals surface area contributed by atoms with E-state index in [1.165, 1.54) is 6.33 Å². The fraction of sp³-hybridized carbons (Fsp3) is 0.154. The summed E-state index contributed by atoms with van der Waals surface area (Å²) in [6.07, 6.45) is 10.2. The summed E-state index contributed by atoms with van der Waals surface area (Å²) in [6.45, 7) is 0. The molecule has 0 aliphatic heterocycles. The molecule has 3 aromatic rings. The maximum absolute atomic E-state index is 5.49. The minimum Gasteiger partial charge on any atom is -0.467 e. The van der Waals surface area contributed by atoms with Gasteiger partial charge in [0.1, 0.15) is 24.0 Å². The smallest absolute Gasteiger partial charge is 0.143 e. The van der Waals surface area contributed by atoms with Gasteiger partial charge in [0.2, 0.25) is 0 Å². The molecule has 6 nitrogen and oxygen atoms in total. The van der Waals surface area contributed by atoms with Crippen molar-refractivity contribution < 1.29 is 4.42 Å². The first-order chi connectivity index (χ1) is 9.34. The molecule has 1 N–H and O–H groups in total. The average molecular weight is 255 g/mol. The van der Waals surface area contributed by atoms with Crippen molar-refractivity contribution in [2.75, 3.05) is 5.32 Å². The van der Waals surface area contributed by atoms with E-state index in [0.717, 1.165) is 17.3 Å². The highest BCUT2D eigenvalue weighted by molar-refractivity contribution is 5.42. The number of furan rings is 1. The van der Waals surface area contributed by atoms with Gasteiger partial charge in [-0.05, 0) is 12.1 Å². The Balaban J connectivity index is 1.96. The Morgan fingerprint density at radius 1 is 1.32 bits per heavy atom.